The molecule has 0 aliphatic heterocycles. The van der Waals surface area contributed by atoms with E-state index in [0.717, 1.165) is 25.7 Å². The molecule has 1 aliphatic rings. The van der Waals surface area contributed by atoms with E-state index in [-0.39, 0.29) is 23.7 Å². The van der Waals surface area contributed by atoms with Crippen LogP contribution in [0.4, 0.5) is 4.79 Å². The summed E-state index contributed by atoms with van der Waals surface area (Å²) in [6, 6.07) is 2.66. The number of urea groups is 1. The zero-order valence-corrected chi connectivity index (χ0v) is 11.5. The molecule has 0 spiro atoms. The Hall–Kier alpha value is -2.11. The minimum Gasteiger partial charge on any atom is -0.478 e. The molecule has 20 heavy (non-hydrogen) atoms. The predicted molar refractivity (Wildman–Crippen MR) is 73.4 cm³/mol. The first-order chi connectivity index (χ1) is 9.54. The highest BCUT2D eigenvalue weighted by molar-refractivity contribution is 5.87. The summed E-state index contributed by atoms with van der Waals surface area (Å²) in [5.74, 6) is -1.00. The van der Waals surface area contributed by atoms with Crippen molar-refractivity contribution in [2.24, 2.45) is 0 Å². The van der Waals surface area contributed by atoms with Gasteiger partial charge in [0.15, 0.2) is 0 Å². The van der Waals surface area contributed by atoms with Gasteiger partial charge >= 0.3 is 12.0 Å². The highest BCUT2D eigenvalue weighted by Crippen LogP contribution is 2.34. The Morgan fingerprint density at radius 1 is 1.45 bits per heavy atom. The molecule has 1 aromatic heterocycles. The second-order valence-electron chi connectivity index (χ2n) is 5.14. The van der Waals surface area contributed by atoms with E-state index >= 15 is 0 Å². The number of amides is 2. The average Bonchev–Trinajstić information content (AvgIpc) is 2.41. The molecule has 0 saturated heterocycles. The standard InChI is InChI=1S/C14H19N3O3/c1-2-14(5-3-6-14)17-13(20)16-9-11-8-10(12(18)19)4-7-15-11/h4,7-8H,2-3,5-6,9H2,1H3,(H,18,19)(H2,16,17,20). The maximum absolute atomic E-state index is 11.8. The first-order valence-electron chi connectivity index (χ1n) is 6.79. The summed E-state index contributed by atoms with van der Waals surface area (Å²) < 4.78 is 0. The third-order valence-corrected chi connectivity index (χ3v) is 3.86. The molecule has 1 aliphatic carbocycles. The van der Waals surface area contributed by atoms with Crippen LogP contribution in [0, 0.1) is 0 Å². The van der Waals surface area contributed by atoms with E-state index < -0.39 is 5.97 Å². The van der Waals surface area contributed by atoms with Gasteiger partial charge in [-0.2, -0.15) is 0 Å². The number of carboxylic acid groups (broad SMARTS) is 1. The SMILES string of the molecule is CCC1(NC(=O)NCc2cc(C(=O)O)ccn2)CCC1. The number of hydrogen-bond acceptors (Lipinski definition) is 3. The number of rotatable bonds is 5. The smallest absolute Gasteiger partial charge is 0.335 e. The third-order valence-electron chi connectivity index (χ3n) is 3.86. The van der Waals surface area contributed by atoms with Gasteiger partial charge in [0.2, 0.25) is 0 Å². The second-order valence-corrected chi connectivity index (χ2v) is 5.14. The van der Waals surface area contributed by atoms with Crippen molar-refractivity contribution in [1.29, 1.82) is 0 Å². The van der Waals surface area contributed by atoms with Crippen LogP contribution in [0.25, 0.3) is 0 Å². The lowest BCUT2D eigenvalue weighted by atomic mass is 9.75. The van der Waals surface area contributed by atoms with Crippen LogP contribution in [0.2, 0.25) is 0 Å². The van der Waals surface area contributed by atoms with E-state index in [0.29, 0.717) is 5.69 Å². The van der Waals surface area contributed by atoms with Crippen molar-refractivity contribution in [2.45, 2.75) is 44.7 Å². The van der Waals surface area contributed by atoms with E-state index in [2.05, 4.69) is 22.5 Å². The van der Waals surface area contributed by atoms with Gasteiger partial charge in [-0.05, 0) is 37.8 Å². The first-order valence-corrected chi connectivity index (χ1v) is 6.79. The summed E-state index contributed by atoms with van der Waals surface area (Å²) in [6.45, 7) is 2.28. The van der Waals surface area contributed by atoms with E-state index in [9.17, 15) is 9.59 Å². The molecule has 0 unspecified atom stereocenters. The molecule has 1 heterocycles. The molecule has 0 atom stereocenters. The molecule has 0 aromatic carbocycles. The average molecular weight is 277 g/mol. The van der Waals surface area contributed by atoms with E-state index in [1.807, 2.05) is 0 Å². The Morgan fingerprint density at radius 3 is 2.75 bits per heavy atom. The Morgan fingerprint density at radius 2 is 2.20 bits per heavy atom. The number of carbonyl (C=O) groups is 2. The minimum atomic E-state index is -1.00. The van der Waals surface area contributed by atoms with E-state index in [1.54, 1.807) is 0 Å². The van der Waals surface area contributed by atoms with Crippen LogP contribution in [0.15, 0.2) is 18.3 Å². The van der Waals surface area contributed by atoms with Crippen LogP contribution in [-0.2, 0) is 6.54 Å². The number of hydrogen-bond donors (Lipinski definition) is 3. The van der Waals surface area contributed by atoms with Gasteiger partial charge in [0.05, 0.1) is 17.8 Å². The summed E-state index contributed by atoms with van der Waals surface area (Å²) >= 11 is 0. The maximum atomic E-state index is 11.8. The molecule has 1 saturated carbocycles. The quantitative estimate of drug-likeness (QED) is 0.766. The Kier molecular flexibility index (Phi) is 4.22. The van der Waals surface area contributed by atoms with E-state index in [1.165, 1.54) is 18.3 Å². The minimum absolute atomic E-state index is 0.0551. The highest BCUT2D eigenvalue weighted by atomic mass is 16.4. The molecular weight excluding hydrogens is 258 g/mol. The number of nitrogens with zero attached hydrogens (tertiary/aromatic N) is 1. The van der Waals surface area contributed by atoms with Crippen LogP contribution in [0.3, 0.4) is 0 Å². The zero-order valence-electron chi connectivity index (χ0n) is 11.5. The van der Waals surface area contributed by atoms with Crippen LogP contribution in [0.5, 0.6) is 0 Å². The molecule has 0 bridgehead atoms. The molecule has 108 valence electrons. The van der Waals surface area contributed by atoms with Crippen molar-refractivity contribution < 1.29 is 14.7 Å². The fourth-order valence-electron chi connectivity index (χ4n) is 2.33. The largest absolute Gasteiger partial charge is 0.478 e. The van der Waals surface area contributed by atoms with Crippen LogP contribution >= 0.6 is 0 Å². The Balaban J connectivity index is 1.87. The number of carboxylic acids is 1. The summed E-state index contributed by atoms with van der Waals surface area (Å²) in [7, 11) is 0. The molecule has 3 N–H and O–H groups in total. The summed E-state index contributed by atoms with van der Waals surface area (Å²) in [5, 5.41) is 14.6. The van der Waals surface area contributed by atoms with Gasteiger partial charge in [0.1, 0.15) is 0 Å². The number of pyridine rings is 1. The zero-order chi connectivity index (χ0) is 14.6. The molecule has 1 aromatic rings. The van der Waals surface area contributed by atoms with Gasteiger partial charge in [-0.3, -0.25) is 4.98 Å². The molecule has 2 amide bonds. The van der Waals surface area contributed by atoms with Gasteiger partial charge in [-0.15, -0.1) is 0 Å². The van der Waals surface area contributed by atoms with Crippen LogP contribution in [-0.4, -0.2) is 27.6 Å². The number of aromatic nitrogens is 1. The topological polar surface area (TPSA) is 91.3 Å². The third kappa shape index (κ3) is 3.26. The lowest BCUT2D eigenvalue weighted by molar-refractivity contribution is 0.0696. The number of aromatic carboxylic acids is 1. The molecule has 0 radical (unpaired) electrons. The van der Waals surface area contributed by atoms with Crippen LogP contribution in [0.1, 0.15) is 48.7 Å². The van der Waals surface area contributed by atoms with Crippen molar-refractivity contribution in [3.8, 4) is 0 Å². The molecule has 6 heteroatoms. The monoisotopic (exact) mass is 277 g/mol. The molecule has 2 rings (SSSR count). The summed E-state index contributed by atoms with van der Waals surface area (Å²) in [5.41, 5.74) is 0.640. The van der Waals surface area contributed by atoms with Crippen molar-refractivity contribution in [1.82, 2.24) is 15.6 Å². The summed E-state index contributed by atoms with van der Waals surface area (Å²) in [4.78, 5) is 26.7. The predicted octanol–water partition coefficient (Wildman–Crippen LogP) is 1.91. The van der Waals surface area contributed by atoms with Gasteiger partial charge in [-0.25, -0.2) is 9.59 Å². The molecule has 6 nitrogen and oxygen atoms in total. The number of nitrogens with one attached hydrogen (secondary N) is 2. The lowest BCUT2D eigenvalue weighted by Gasteiger charge is -2.41. The normalized spacial score (nSPS) is 16.1. The van der Waals surface area contributed by atoms with Crippen molar-refractivity contribution in [3.63, 3.8) is 0 Å². The summed E-state index contributed by atoms with van der Waals surface area (Å²) in [6.07, 6.45) is 5.54. The first kappa shape index (κ1) is 14.3. The fraction of sp³-hybridized carbons (Fsp3) is 0.500. The second kappa shape index (κ2) is 5.90. The lowest BCUT2D eigenvalue weighted by Crippen LogP contribution is -2.55. The fourth-order valence-corrected chi connectivity index (χ4v) is 2.33. The van der Waals surface area contributed by atoms with Crippen molar-refractivity contribution in [2.75, 3.05) is 0 Å². The van der Waals surface area contributed by atoms with Crippen LogP contribution < -0.4 is 10.6 Å². The Bertz CT molecular complexity index is 507. The Labute approximate surface area is 117 Å². The van der Waals surface area contributed by atoms with Gasteiger partial charge < -0.3 is 15.7 Å². The number of carbonyl (C=O) groups excluding carboxylic acids is 1. The molecule has 1 fully saturated rings. The van der Waals surface area contributed by atoms with Gasteiger partial charge in [-0.1, -0.05) is 6.92 Å². The van der Waals surface area contributed by atoms with Crippen molar-refractivity contribution in [3.05, 3.63) is 29.6 Å². The highest BCUT2D eigenvalue weighted by Gasteiger charge is 2.36. The molecular formula is C14H19N3O3. The van der Waals surface area contributed by atoms with Gasteiger partial charge in [0.25, 0.3) is 0 Å². The maximum Gasteiger partial charge on any atom is 0.335 e. The van der Waals surface area contributed by atoms with E-state index in [4.69, 9.17) is 5.11 Å². The van der Waals surface area contributed by atoms with Gasteiger partial charge in [0, 0.05) is 11.7 Å². The van der Waals surface area contributed by atoms with Crippen molar-refractivity contribution >= 4 is 12.0 Å².